The molecule has 1 aliphatic heterocycles. The number of halogens is 1. The summed E-state index contributed by atoms with van der Waals surface area (Å²) in [6.07, 6.45) is 0.986. The van der Waals surface area contributed by atoms with E-state index in [4.69, 9.17) is 14.2 Å². The smallest absolute Gasteiger partial charge is 0.172 e. The average molecular weight is 254 g/mol. The van der Waals surface area contributed by atoms with Crippen LogP contribution < -0.4 is 14.2 Å². The van der Waals surface area contributed by atoms with E-state index in [0.29, 0.717) is 30.3 Å². The Bertz CT molecular complexity index is 459. The highest BCUT2D eigenvalue weighted by molar-refractivity contribution is 5.58. The fraction of sp³-hybridized carbons (Fsp3) is 0.462. The van der Waals surface area contributed by atoms with Gasteiger partial charge in [-0.1, -0.05) is 6.92 Å². The molecule has 5 heteroatoms. The zero-order valence-electron chi connectivity index (χ0n) is 10.4. The van der Waals surface area contributed by atoms with Gasteiger partial charge in [0.15, 0.2) is 23.1 Å². The van der Waals surface area contributed by atoms with E-state index in [9.17, 15) is 9.18 Å². The summed E-state index contributed by atoms with van der Waals surface area (Å²) >= 11 is 0. The molecular formula is C13H15FO4. The molecule has 0 aromatic heterocycles. The lowest BCUT2D eigenvalue weighted by molar-refractivity contribution is -0.108. The van der Waals surface area contributed by atoms with Gasteiger partial charge in [0.05, 0.1) is 7.11 Å². The van der Waals surface area contributed by atoms with Crippen LogP contribution in [-0.4, -0.2) is 26.6 Å². The first-order valence-electron chi connectivity index (χ1n) is 5.78. The van der Waals surface area contributed by atoms with Gasteiger partial charge in [-0.2, -0.15) is 0 Å². The molecule has 0 aliphatic carbocycles. The van der Waals surface area contributed by atoms with Crippen LogP contribution in [0.15, 0.2) is 6.07 Å². The third-order valence-corrected chi connectivity index (χ3v) is 2.93. The Kier molecular flexibility index (Phi) is 3.69. The molecule has 18 heavy (non-hydrogen) atoms. The molecule has 0 amide bonds. The van der Waals surface area contributed by atoms with Gasteiger partial charge in [-0.25, -0.2) is 4.39 Å². The van der Waals surface area contributed by atoms with E-state index in [1.807, 2.05) is 0 Å². The number of carbonyl (C=O) groups is 1. The topological polar surface area (TPSA) is 44.8 Å². The van der Waals surface area contributed by atoms with Gasteiger partial charge >= 0.3 is 0 Å². The van der Waals surface area contributed by atoms with Crippen LogP contribution in [0.25, 0.3) is 0 Å². The maximum Gasteiger partial charge on any atom is 0.172 e. The van der Waals surface area contributed by atoms with Crippen LogP contribution in [0.4, 0.5) is 4.39 Å². The number of methoxy groups -OCH3 is 1. The number of fused-ring (bicyclic) bond motifs is 1. The third-order valence-electron chi connectivity index (χ3n) is 2.93. The highest BCUT2D eigenvalue weighted by Gasteiger charge is 2.27. The fourth-order valence-electron chi connectivity index (χ4n) is 2.02. The maximum atomic E-state index is 14.3. The van der Waals surface area contributed by atoms with Crippen LogP contribution in [0.3, 0.4) is 0 Å². The number of hydrogen-bond donors (Lipinski definition) is 0. The van der Waals surface area contributed by atoms with E-state index in [2.05, 4.69) is 0 Å². The van der Waals surface area contributed by atoms with Gasteiger partial charge in [0, 0.05) is 18.1 Å². The van der Waals surface area contributed by atoms with E-state index in [1.54, 1.807) is 6.92 Å². The van der Waals surface area contributed by atoms with Gasteiger partial charge in [-0.05, 0) is 5.92 Å². The Balaban J connectivity index is 2.55. The zero-order chi connectivity index (χ0) is 13.1. The molecule has 1 heterocycles. The largest absolute Gasteiger partial charge is 0.494 e. The normalized spacial score (nSPS) is 15.1. The Labute approximate surface area is 105 Å². The lowest BCUT2D eigenvalue weighted by atomic mass is 9.95. The molecular weight excluding hydrogens is 239 g/mol. The van der Waals surface area contributed by atoms with Crippen molar-refractivity contribution in [3.8, 4) is 17.2 Å². The molecule has 0 saturated heterocycles. The number of hydrogen-bond acceptors (Lipinski definition) is 4. The van der Waals surface area contributed by atoms with Crippen molar-refractivity contribution in [2.75, 3.05) is 20.3 Å². The predicted molar refractivity (Wildman–Crippen MR) is 63.0 cm³/mol. The summed E-state index contributed by atoms with van der Waals surface area (Å²) in [5.41, 5.74) is 0.344. The minimum absolute atomic E-state index is 0.104. The van der Waals surface area contributed by atoms with Gasteiger partial charge in [0.2, 0.25) is 0 Å². The van der Waals surface area contributed by atoms with Crippen molar-refractivity contribution < 1.29 is 23.4 Å². The van der Waals surface area contributed by atoms with E-state index in [0.717, 1.165) is 6.29 Å². The number of ether oxygens (including phenoxy) is 3. The first kappa shape index (κ1) is 12.7. The number of carbonyl (C=O) groups excluding carboxylic acids is 1. The summed E-state index contributed by atoms with van der Waals surface area (Å²) in [6.45, 7) is 2.56. The third kappa shape index (κ3) is 2.12. The van der Waals surface area contributed by atoms with E-state index >= 15 is 0 Å². The minimum Gasteiger partial charge on any atom is -0.494 e. The van der Waals surface area contributed by atoms with Crippen molar-refractivity contribution in [2.45, 2.75) is 19.3 Å². The van der Waals surface area contributed by atoms with Gasteiger partial charge in [-0.15, -0.1) is 0 Å². The fourth-order valence-corrected chi connectivity index (χ4v) is 2.02. The van der Waals surface area contributed by atoms with Crippen LogP contribution in [0.1, 0.15) is 24.8 Å². The van der Waals surface area contributed by atoms with Gasteiger partial charge in [0.25, 0.3) is 0 Å². The first-order chi connectivity index (χ1) is 8.69. The second-order valence-corrected chi connectivity index (χ2v) is 4.13. The lowest BCUT2D eigenvalue weighted by Gasteiger charge is -2.24. The van der Waals surface area contributed by atoms with Crippen LogP contribution in [0, 0.1) is 5.82 Å². The van der Waals surface area contributed by atoms with Crippen molar-refractivity contribution >= 4 is 6.29 Å². The molecule has 1 unspecified atom stereocenters. The average Bonchev–Trinajstić information content (AvgIpc) is 2.38. The highest BCUT2D eigenvalue weighted by atomic mass is 19.1. The molecule has 1 atom stereocenters. The Morgan fingerprint density at radius 3 is 2.89 bits per heavy atom. The maximum absolute atomic E-state index is 14.3. The summed E-state index contributed by atoms with van der Waals surface area (Å²) in [5.74, 6) is 0.178. The molecule has 0 radical (unpaired) electrons. The van der Waals surface area contributed by atoms with Crippen LogP contribution in [0.2, 0.25) is 0 Å². The predicted octanol–water partition coefficient (Wildman–Crippen LogP) is 2.30. The molecule has 4 nitrogen and oxygen atoms in total. The van der Waals surface area contributed by atoms with Gasteiger partial charge in [0.1, 0.15) is 19.5 Å². The van der Waals surface area contributed by atoms with Crippen molar-refractivity contribution in [3.05, 3.63) is 17.4 Å². The molecule has 2 rings (SSSR count). The molecule has 1 aromatic carbocycles. The van der Waals surface area contributed by atoms with Crippen molar-refractivity contribution in [1.82, 2.24) is 0 Å². The summed E-state index contributed by atoms with van der Waals surface area (Å²) < 4.78 is 30.1. The Hall–Kier alpha value is -1.78. The molecule has 0 N–H and O–H groups in total. The number of benzene rings is 1. The van der Waals surface area contributed by atoms with Crippen molar-refractivity contribution in [1.29, 1.82) is 0 Å². The van der Waals surface area contributed by atoms with Gasteiger partial charge in [-0.3, -0.25) is 0 Å². The molecule has 1 aromatic rings. The van der Waals surface area contributed by atoms with Crippen molar-refractivity contribution in [3.63, 3.8) is 0 Å². The molecule has 98 valence electrons. The molecule has 0 fully saturated rings. The minimum atomic E-state index is -0.490. The Morgan fingerprint density at radius 2 is 2.22 bits per heavy atom. The van der Waals surface area contributed by atoms with Crippen LogP contribution in [-0.2, 0) is 4.79 Å². The quantitative estimate of drug-likeness (QED) is 0.773. The molecule has 0 saturated carbocycles. The highest BCUT2D eigenvalue weighted by Crippen LogP contribution is 2.44. The monoisotopic (exact) mass is 254 g/mol. The zero-order valence-corrected chi connectivity index (χ0v) is 10.4. The molecule has 0 spiro atoms. The standard InChI is InChI=1S/C13H15FO4/c1-8(3-4-15)11-12(14)9(16-2)7-10-13(11)18-6-5-17-10/h4,7-8H,3,5-6H2,1-2H3. The number of aldehydes is 1. The SMILES string of the molecule is COc1cc2c(c(C(C)CC=O)c1F)OCCO2. The van der Waals surface area contributed by atoms with Gasteiger partial charge < -0.3 is 19.0 Å². The summed E-state index contributed by atoms with van der Waals surface area (Å²) in [7, 11) is 1.39. The van der Waals surface area contributed by atoms with Crippen LogP contribution >= 0.6 is 0 Å². The summed E-state index contributed by atoms with van der Waals surface area (Å²) in [5, 5.41) is 0. The molecule has 1 aliphatic rings. The van der Waals surface area contributed by atoms with E-state index < -0.39 is 5.82 Å². The summed E-state index contributed by atoms with van der Waals surface area (Å²) in [6, 6.07) is 1.47. The Morgan fingerprint density at radius 1 is 1.50 bits per heavy atom. The van der Waals surface area contributed by atoms with E-state index in [1.165, 1.54) is 13.2 Å². The summed E-state index contributed by atoms with van der Waals surface area (Å²) in [4.78, 5) is 10.6. The molecule has 0 bridgehead atoms. The van der Waals surface area contributed by atoms with Crippen LogP contribution in [0.5, 0.6) is 17.2 Å². The second kappa shape index (κ2) is 5.25. The first-order valence-corrected chi connectivity index (χ1v) is 5.78. The van der Waals surface area contributed by atoms with Crippen molar-refractivity contribution in [2.24, 2.45) is 0 Å². The van der Waals surface area contributed by atoms with E-state index in [-0.39, 0.29) is 18.1 Å². The second-order valence-electron chi connectivity index (χ2n) is 4.13. The lowest BCUT2D eigenvalue weighted by Crippen LogP contribution is -2.18. The number of rotatable bonds is 4.